The first kappa shape index (κ1) is 21.4. The number of carboxylic acid groups (broad SMARTS) is 1. The smallest absolute Gasteiger partial charge is 0.343 e. The van der Waals surface area contributed by atoms with E-state index in [9.17, 15) is 19.6 Å². The molecule has 0 bridgehead atoms. The van der Waals surface area contributed by atoms with Crippen molar-refractivity contribution >= 4 is 13.5 Å². The lowest BCUT2D eigenvalue weighted by Gasteiger charge is -2.34. The molecule has 0 amide bonds. The van der Waals surface area contributed by atoms with Gasteiger partial charge in [-0.3, -0.25) is 9.36 Å². The Labute approximate surface area is 147 Å². The van der Waals surface area contributed by atoms with Crippen LogP contribution in [0, 0.1) is 5.92 Å². The number of aliphatic carboxylic acids is 1. The Bertz CT molecular complexity index is 649. The van der Waals surface area contributed by atoms with Crippen LogP contribution in [0.5, 0.6) is 11.5 Å². The maximum absolute atomic E-state index is 13.2. The van der Waals surface area contributed by atoms with Crippen LogP contribution >= 0.6 is 7.52 Å². The molecule has 3 N–H and O–H groups in total. The Morgan fingerprint density at radius 3 is 2.40 bits per heavy atom. The van der Waals surface area contributed by atoms with E-state index >= 15 is 0 Å². The van der Waals surface area contributed by atoms with E-state index in [1.165, 1.54) is 27.2 Å². The van der Waals surface area contributed by atoms with Gasteiger partial charge in [0.2, 0.25) is 0 Å². The van der Waals surface area contributed by atoms with Crippen LogP contribution in [0.25, 0.3) is 0 Å². The van der Waals surface area contributed by atoms with Gasteiger partial charge in [-0.2, -0.15) is 0 Å². The first-order valence-corrected chi connectivity index (χ1v) is 9.51. The molecule has 0 heterocycles. The Kier molecular flexibility index (Phi) is 7.44. The molecular weight excluding hydrogens is 349 g/mol. The highest BCUT2D eigenvalue weighted by Gasteiger charge is 2.44. The molecule has 0 saturated carbocycles. The third-order valence-corrected chi connectivity index (χ3v) is 5.85. The first-order chi connectivity index (χ1) is 11.6. The maximum atomic E-state index is 13.2. The van der Waals surface area contributed by atoms with Crippen molar-refractivity contribution in [2.75, 3.05) is 20.6 Å². The third kappa shape index (κ3) is 5.19. The summed E-state index contributed by atoms with van der Waals surface area (Å²) in [6.45, 7) is 4.66. The highest BCUT2D eigenvalue weighted by Crippen LogP contribution is 2.48. The summed E-state index contributed by atoms with van der Waals surface area (Å²) in [6, 6.07) is 4.64. The standard InChI is InChI=1S/C16H26NO7P/c1-11(2)16(3,15(19)20)17-25(21,10-22-4)24-13-7-6-12(9-18)8-14(13)23-5/h6-8,11,18H,9-10H2,1-5H3,(H,17,21)(H,19,20)/t16-,25?/m0/s1. The van der Waals surface area contributed by atoms with Gasteiger partial charge in [0.1, 0.15) is 11.9 Å². The monoisotopic (exact) mass is 375 g/mol. The van der Waals surface area contributed by atoms with Gasteiger partial charge in [-0.05, 0) is 30.5 Å². The van der Waals surface area contributed by atoms with Gasteiger partial charge >= 0.3 is 13.5 Å². The molecule has 0 saturated heterocycles. The number of aliphatic hydroxyl groups is 1. The molecule has 8 nitrogen and oxygen atoms in total. The van der Waals surface area contributed by atoms with E-state index in [1.54, 1.807) is 26.0 Å². The van der Waals surface area contributed by atoms with Crippen LogP contribution in [0.4, 0.5) is 0 Å². The molecular formula is C16H26NO7P. The number of benzene rings is 1. The first-order valence-electron chi connectivity index (χ1n) is 7.70. The number of rotatable bonds is 10. The van der Waals surface area contributed by atoms with E-state index in [-0.39, 0.29) is 30.4 Å². The molecule has 0 aromatic heterocycles. The van der Waals surface area contributed by atoms with Crippen molar-refractivity contribution in [1.82, 2.24) is 5.09 Å². The maximum Gasteiger partial charge on any atom is 0.343 e. The SMILES string of the molecule is COCP(=O)(N[C@](C)(C(=O)O)C(C)C)Oc1ccc(CO)cc1OC. The second kappa shape index (κ2) is 8.67. The number of carboxylic acids is 1. The van der Waals surface area contributed by atoms with Crippen molar-refractivity contribution in [3.05, 3.63) is 23.8 Å². The van der Waals surface area contributed by atoms with Crippen molar-refractivity contribution in [1.29, 1.82) is 0 Å². The van der Waals surface area contributed by atoms with Gasteiger partial charge in [-0.25, -0.2) is 5.09 Å². The summed E-state index contributed by atoms with van der Waals surface area (Å²) in [5.41, 5.74) is -0.886. The molecule has 0 radical (unpaired) electrons. The van der Waals surface area contributed by atoms with Crippen molar-refractivity contribution in [2.45, 2.75) is 32.9 Å². The van der Waals surface area contributed by atoms with Crippen molar-refractivity contribution in [3.63, 3.8) is 0 Å². The van der Waals surface area contributed by atoms with Crippen LogP contribution < -0.4 is 14.3 Å². The summed E-state index contributed by atoms with van der Waals surface area (Å²) in [4.78, 5) is 11.7. The zero-order chi connectivity index (χ0) is 19.3. The minimum absolute atomic E-state index is 0.157. The Balaban J connectivity index is 3.23. The molecule has 0 aliphatic rings. The predicted octanol–water partition coefficient (Wildman–Crippen LogP) is 2.45. The molecule has 0 fully saturated rings. The van der Waals surface area contributed by atoms with Gasteiger partial charge in [-0.1, -0.05) is 19.9 Å². The normalized spacial score (nSPS) is 16.1. The molecule has 0 aliphatic carbocycles. The van der Waals surface area contributed by atoms with Gasteiger partial charge in [0.05, 0.1) is 13.7 Å². The predicted molar refractivity (Wildman–Crippen MR) is 93.0 cm³/mol. The van der Waals surface area contributed by atoms with Gasteiger partial charge in [0.15, 0.2) is 11.5 Å². The lowest BCUT2D eigenvalue weighted by molar-refractivity contribution is -0.145. The highest BCUT2D eigenvalue weighted by molar-refractivity contribution is 7.57. The van der Waals surface area contributed by atoms with Crippen LogP contribution in [-0.4, -0.2) is 42.3 Å². The van der Waals surface area contributed by atoms with Gasteiger partial charge < -0.3 is 24.2 Å². The molecule has 0 aliphatic heterocycles. The zero-order valence-corrected chi connectivity index (χ0v) is 16.0. The third-order valence-electron chi connectivity index (χ3n) is 3.96. The van der Waals surface area contributed by atoms with E-state index in [0.717, 1.165) is 0 Å². The highest BCUT2D eigenvalue weighted by atomic mass is 31.2. The summed E-state index contributed by atoms with van der Waals surface area (Å²) < 4.78 is 29.0. The van der Waals surface area contributed by atoms with Crippen LogP contribution in [0.1, 0.15) is 26.3 Å². The lowest BCUT2D eigenvalue weighted by atomic mass is 9.90. The topological polar surface area (TPSA) is 114 Å². The van der Waals surface area contributed by atoms with E-state index in [1.807, 2.05) is 0 Å². The molecule has 142 valence electrons. The molecule has 0 spiro atoms. The molecule has 1 aromatic carbocycles. The summed E-state index contributed by atoms with van der Waals surface area (Å²) in [5.74, 6) is -1.09. The van der Waals surface area contributed by atoms with Crippen molar-refractivity contribution in [2.24, 2.45) is 5.92 Å². The fraction of sp³-hybridized carbons (Fsp3) is 0.562. The number of methoxy groups -OCH3 is 2. The number of aliphatic hydroxyl groups excluding tert-OH is 1. The number of hydrogen-bond donors (Lipinski definition) is 3. The van der Waals surface area contributed by atoms with Crippen molar-refractivity contribution in [3.8, 4) is 11.5 Å². The number of ether oxygens (including phenoxy) is 2. The van der Waals surface area contributed by atoms with E-state index in [0.29, 0.717) is 5.56 Å². The summed E-state index contributed by atoms with van der Waals surface area (Å²) in [5, 5.41) is 21.4. The van der Waals surface area contributed by atoms with Gasteiger partial charge in [0, 0.05) is 7.11 Å². The molecule has 1 unspecified atom stereocenters. The fourth-order valence-corrected chi connectivity index (χ4v) is 4.11. The molecule has 25 heavy (non-hydrogen) atoms. The Hall–Kier alpha value is -1.60. The molecule has 1 aromatic rings. The fourth-order valence-electron chi connectivity index (χ4n) is 2.07. The lowest BCUT2D eigenvalue weighted by Crippen LogP contribution is -2.52. The zero-order valence-electron chi connectivity index (χ0n) is 15.1. The van der Waals surface area contributed by atoms with E-state index < -0.39 is 19.0 Å². The Morgan fingerprint density at radius 2 is 1.96 bits per heavy atom. The number of nitrogens with one attached hydrogen (secondary N) is 1. The molecule has 1 rings (SSSR count). The Morgan fingerprint density at radius 1 is 1.32 bits per heavy atom. The summed E-state index contributed by atoms with van der Waals surface area (Å²) >= 11 is 0. The number of carbonyl (C=O) groups is 1. The minimum atomic E-state index is -3.73. The molecule has 9 heteroatoms. The quantitative estimate of drug-likeness (QED) is 0.534. The average Bonchev–Trinajstić information content (AvgIpc) is 2.54. The van der Waals surface area contributed by atoms with Crippen LogP contribution in [0.15, 0.2) is 18.2 Å². The minimum Gasteiger partial charge on any atom is -0.493 e. The number of hydrogen-bond acceptors (Lipinski definition) is 6. The second-order valence-electron chi connectivity index (χ2n) is 6.10. The molecule has 2 atom stereocenters. The van der Waals surface area contributed by atoms with E-state index in [4.69, 9.17) is 14.0 Å². The van der Waals surface area contributed by atoms with Crippen molar-refractivity contribution < 1.29 is 33.6 Å². The second-order valence-corrected chi connectivity index (χ2v) is 8.11. The summed E-state index contributed by atoms with van der Waals surface area (Å²) in [6.07, 6.45) is -0.326. The van der Waals surface area contributed by atoms with Crippen LogP contribution in [-0.2, 0) is 20.7 Å². The average molecular weight is 375 g/mol. The van der Waals surface area contributed by atoms with E-state index in [2.05, 4.69) is 5.09 Å². The van der Waals surface area contributed by atoms with Gasteiger partial charge in [-0.15, -0.1) is 0 Å². The van der Waals surface area contributed by atoms with Crippen LogP contribution in [0.3, 0.4) is 0 Å². The summed E-state index contributed by atoms with van der Waals surface area (Å²) in [7, 11) is -0.975. The largest absolute Gasteiger partial charge is 0.493 e. The van der Waals surface area contributed by atoms with Crippen LogP contribution in [0.2, 0.25) is 0 Å². The van der Waals surface area contributed by atoms with Gasteiger partial charge in [0.25, 0.3) is 0 Å².